The second-order valence-corrected chi connectivity index (χ2v) is 5.19. The number of hydrogen-bond acceptors (Lipinski definition) is 3. The van der Waals surface area contributed by atoms with Gasteiger partial charge in [0.1, 0.15) is 5.69 Å². The average Bonchev–Trinajstić information content (AvgIpc) is 2.44. The molecule has 0 atom stereocenters. The molecule has 0 saturated heterocycles. The molecule has 4 heteroatoms. The van der Waals surface area contributed by atoms with Gasteiger partial charge in [-0.25, -0.2) is 0 Å². The van der Waals surface area contributed by atoms with Crippen LogP contribution in [0.2, 0.25) is 0 Å². The molecule has 0 unspecified atom stereocenters. The molecule has 0 bridgehead atoms. The Bertz CT molecular complexity index is 594. The Morgan fingerprint density at radius 2 is 2.11 bits per heavy atom. The molecule has 0 aliphatic carbocycles. The molecule has 0 aliphatic rings. The third-order valence-corrected chi connectivity index (χ3v) is 3.88. The Hall–Kier alpha value is -1.52. The molecule has 1 N–H and O–H groups in total. The van der Waals surface area contributed by atoms with Crippen LogP contribution in [0.5, 0.6) is 0 Å². The van der Waals surface area contributed by atoms with Crippen LogP contribution in [0.1, 0.15) is 27.2 Å². The Kier molecular flexibility index (Phi) is 4.45. The highest BCUT2D eigenvalue weighted by molar-refractivity contribution is 9.10. The number of ketones is 1. The summed E-state index contributed by atoms with van der Waals surface area (Å²) in [7, 11) is 0. The summed E-state index contributed by atoms with van der Waals surface area (Å²) in [6, 6.07) is 9.19. The maximum atomic E-state index is 12.1. The number of pyridine rings is 1. The molecule has 3 nitrogen and oxygen atoms in total. The molecular formula is C15H14BrNO2. The van der Waals surface area contributed by atoms with E-state index in [9.17, 15) is 4.79 Å². The van der Waals surface area contributed by atoms with E-state index >= 15 is 0 Å². The molecule has 0 saturated carbocycles. The first-order chi connectivity index (χ1) is 9.11. The van der Waals surface area contributed by atoms with Crippen LogP contribution in [0.4, 0.5) is 0 Å². The van der Waals surface area contributed by atoms with Gasteiger partial charge in [-0.1, -0.05) is 34.1 Å². The fraction of sp³-hybridized carbons (Fsp3) is 0.200. The van der Waals surface area contributed by atoms with Crippen molar-refractivity contribution in [2.75, 3.05) is 0 Å². The molecule has 0 spiro atoms. The van der Waals surface area contributed by atoms with Gasteiger partial charge in [-0.2, -0.15) is 0 Å². The highest BCUT2D eigenvalue weighted by atomic mass is 79.9. The number of benzene rings is 1. The number of aromatic nitrogens is 1. The van der Waals surface area contributed by atoms with E-state index in [2.05, 4.69) is 20.9 Å². The zero-order valence-electron chi connectivity index (χ0n) is 10.6. The Morgan fingerprint density at radius 1 is 1.32 bits per heavy atom. The first-order valence-corrected chi connectivity index (χ1v) is 6.74. The lowest BCUT2D eigenvalue weighted by molar-refractivity contribution is 0.0988. The molecule has 1 heterocycles. The molecule has 98 valence electrons. The van der Waals surface area contributed by atoms with E-state index in [0.29, 0.717) is 17.7 Å². The number of Topliss-reactive ketones (excluding diaryl/α,β-unsaturated/α-hetero) is 1. The van der Waals surface area contributed by atoms with Crippen LogP contribution in [0, 0.1) is 6.92 Å². The van der Waals surface area contributed by atoms with Gasteiger partial charge in [-0.15, -0.1) is 0 Å². The minimum Gasteiger partial charge on any atom is -0.392 e. The van der Waals surface area contributed by atoms with Crippen molar-refractivity contribution in [1.82, 2.24) is 4.98 Å². The first kappa shape index (κ1) is 13.9. The highest BCUT2D eigenvalue weighted by Crippen LogP contribution is 2.20. The van der Waals surface area contributed by atoms with Gasteiger partial charge in [0.2, 0.25) is 0 Å². The van der Waals surface area contributed by atoms with Crippen LogP contribution < -0.4 is 0 Å². The molecule has 0 amide bonds. The summed E-state index contributed by atoms with van der Waals surface area (Å²) in [6.07, 6.45) is 1.86. The van der Waals surface area contributed by atoms with Crippen LogP contribution >= 0.6 is 15.9 Å². The van der Waals surface area contributed by atoms with Crippen molar-refractivity contribution < 1.29 is 9.90 Å². The standard InChI is InChI=1S/C15H14BrNO2/c1-10-12(3-2-4-13(10)16)7-15(19)14-6-5-11(9-18)8-17-14/h2-6,8,18H,7,9H2,1H3. The predicted octanol–water partition coefficient (Wildman–Crippen LogP) is 3.07. The summed E-state index contributed by atoms with van der Waals surface area (Å²) >= 11 is 3.46. The van der Waals surface area contributed by atoms with Gasteiger partial charge in [0.15, 0.2) is 5.78 Å². The van der Waals surface area contributed by atoms with Crippen LogP contribution in [0.25, 0.3) is 0 Å². The van der Waals surface area contributed by atoms with Crippen LogP contribution in [-0.2, 0) is 13.0 Å². The first-order valence-electron chi connectivity index (χ1n) is 5.95. The van der Waals surface area contributed by atoms with Gasteiger partial charge < -0.3 is 5.11 Å². The van der Waals surface area contributed by atoms with E-state index in [1.54, 1.807) is 12.1 Å². The number of hydrogen-bond donors (Lipinski definition) is 1. The third kappa shape index (κ3) is 3.28. The summed E-state index contributed by atoms with van der Waals surface area (Å²) in [6.45, 7) is 1.92. The SMILES string of the molecule is Cc1c(Br)cccc1CC(=O)c1ccc(CO)cn1. The minimum absolute atomic E-state index is 0.0225. The number of nitrogens with zero attached hydrogens (tertiary/aromatic N) is 1. The fourth-order valence-corrected chi connectivity index (χ4v) is 2.20. The lowest BCUT2D eigenvalue weighted by Crippen LogP contribution is -2.07. The summed E-state index contributed by atoms with van der Waals surface area (Å²) < 4.78 is 1.00. The maximum Gasteiger partial charge on any atom is 0.185 e. The van der Waals surface area contributed by atoms with Crippen molar-refractivity contribution in [2.45, 2.75) is 20.0 Å². The number of carbonyl (C=O) groups excluding carboxylic acids is 1. The van der Waals surface area contributed by atoms with E-state index in [-0.39, 0.29) is 12.4 Å². The Balaban J connectivity index is 2.18. The normalized spacial score (nSPS) is 10.5. The van der Waals surface area contributed by atoms with Crippen molar-refractivity contribution in [2.24, 2.45) is 0 Å². The maximum absolute atomic E-state index is 12.1. The van der Waals surface area contributed by atoms with Crippen molar-refractivity contribution in [3.8, 4) is 0 Å². The number of carbonyl (C=O) groups is 1. The van der Waals surface area contributed by atoms with Crippen molar-refractivity contribution in [3.63, 3.8) is 0 Å². The molecule has 0 radical (unpaired) electrons. The van der Waals surface area contributed by atoms with E-state index in [1.807, 2.05) is 25.1 Å². The fourth-order valence-electron chi connectivity index (χ4n) is 1.79. The van der Waals surface area contributed by atoms with Crippen molar-refractivity contribution >= 4 is 21.7 Å². The van der Waals surface area contributed by atoms with E-state index in [0.717, 1.165) is 15.6 Å². The number of rotatable bonds is 4. The molecule has 0 aliphatic heterocycles. The van der Waals surface area contributed by atoms with E-state index in [1.165, 1.54) is 6.20 Å². The lowest BCUT2D eigenvalue weighted by atomic mass is 10.0. The zero-order chi connectivity index (χ0) is 13.8. The molecule has 2 rings (SSSR count). The minimum atomic E-state index is -0.0633. The number of aliphatic hydroxyl groups excluding tert-OH is 1. The van der Waals surface area contributed by atoms with E-state index < -0.39 is 0 Å². The Morgan fingerprint density at radius 3 is 2.74 bits per heavy atom. The quantitative estimate of drug-likeness (QED) is 0.881. The second kappa shape index (κ2) is 6.08. The predicted molar refractivity (Wildman–Crippen MR) is 77.1 cm³/mol. The topological polar surface area (TPSA) is 50.2 Å². The summed E-state index contributed by atoms with van der Waals surface area (Å²) in [5.41, 5.74) is 3.20. The molecule has 19 heavy (non-hydrogen) atoms. The zero-order valence-corrected chi connectivity index (χ0v) is 12.1. The van der Waals surface area contributed by atoms with E-state index in [4.69, 9.17) is 5.11 Å². The summed E-state index contributed by atoms with van der Waals surface area (Å²) in [5, 5.41) is 8.94. The highest BCUT2D eigenvalue weighted by Gasteiger charge is 2.11. The largest absolute Gasteiger partial charge is 0.392 e. The summed E-state index contributed by atoms with van der Waals surface area (Å²) in [5.74, 6) is -0.0225. The number of halogens is 1. The van der Waals surface area contributed by atoms with Gasteiger partial charge in [0.25, 0.3) is 0 Å². The Labute approximate surface area is 120 Å². The van der Waals surface area contributed by atoms with Gasteiger partial charge in [0, 0.05) is 17.1 Å². The molecule has 1 aromatic heterocycles. The average molecular weight is 320 g/mol. The van der Waals surface area contributed by atoms with Gasteiger partial charge in [0.05, 0.1) is 6.61 Å². The smallest absolute Gasteiger partial charge is 0.185 e. The van der Waals surface area contributed by atoms with Crippen LogP contribution in [-0.4, -0.2) is 15.9 Å². The van der Waals surface area contributed by atoms with Crippen molar-refractivity contribution in [3.05, 3.63) is 63.4 Å². The van der Waals surface area contributed by atoms with Gasteiger partial charge in [-0.05, 0) is 35.7 Å². The van der Waals surface area contributed by atoms with Crippen LogP contribution in [0.15, 0.2) is 41.0 Å². The third-order valence-electron chi connectivity index (χ3n) is 3.02. The molecule has 0 fully saturated rings. The van der Waals surface area contributed by atoms with Crippen molar-refractivity contribution in [1.29, 1.82) is 0 Å². The monoisotopic (exact) mass is 319 g/mol. The lowest BCUT2D eigenvalue weighted by Gasteiger charge is -2.07. The second-order valence-electron chi connectivity index (χ2n) is 4.33. The van der Waals surface area contributed by atoms with Crippen LogP contribution in [0.3, 0.4) is 0 Å². The molecular weight excluding hydrogens is 306 g/mol. The van der Waals surface area contributed by atoms with Gasteiger partial charge in [-0.3, -0.25) is 9.78 Å². The number of aliphatic hydroxyl groups is 1. The van der Waals surface area contributed by atoms with Gasteiger partial charge >= 0.3 is 0 Å². The summed E-state index contributed by atoms with van der Waals surface area (Å²) in [4.78, 5) is 16.2. The molecule has 1 aromatic carbocycles. The molecule has 2 aromatic rings.